The van der Waals surface area contributed by atoms with Crippen molar-refractivity contribution in [1.29, 1.82) is 0 Å². The van der Waals surface area contributed by atoms with Crippen LogP contribution in [0.25, 0.3) is 0 Å². The van der Waals surface area contributed by atoms with E-state index in [1.807, 2.05) is 27.2 Å². The first-order chi connectivity index (χ1) is 35.0. The first-order valence-electron chi connectivity index (χ1n) is 30.0. The fourth-order valence-corrected chi connectivity index (χ4v) is 9.17. The van der Waals surface area contributed by atoms with Gasteiger partial charge in [0, 0.05) is 6.42 Å². The zero-order valence-corrected chi connectivity index (χ0v) is 48.5. The molecule has 1 amide bonds. The van der Waals surface area contributed by atoms with Gasteiger partial charge in [-0.3, -0.25) is 13.8 Å². The molecule has 0 bridgehead atoms. The summed E-state index contributed by atoms with van der Waals surface area (Å²) < 4.78 is 23.7. The summed E-state index contributed by atoms with van der Waals surface area (Å²) in [5.74, 6) is -0.206. The Balaban J connectivity index is 4.25. The van der Waals surface area contributed by atoms with Gasteiger partial charge in [0.05, 0.1) is 39.9 Å². The number of phosphoric ester groups is 1. The zero-order chi connectivity index (χ0) is 52.7. The van der Waals surface area contributed by atoms with Gasteiger partial charge in [0.25, 0.3) is 0 Å². The highest BCUT2D eigenvalue weighted by atomic mass is 31.2. The van der Waals surface area contributed by atoms with Crippen LogP contribution in [0.5, 0.6) is 0 Å². The molecule has 0 aromatic carbocycles. The van der Waals surface area contributed by atoms with Crippen molar-refractivity contribution in [3.05, 3.63) is 85.1 Å². The third-order valence-corrected chi connectivity index (χ3v) is 14.1. The minimum atomic E-state index is -4.37. The number of nitrogens with one attached hydrogen (secondary N) is 1. The molecular weight excluding hydrogens is 912 g/mol. The predicted molar refractivity (Wildman–Crippen MR) is 313 cm³/mol. The number of likely N-dealkylation sites (N-methyl/N-ethyl adjacent to an activating group) is 1. The minimum Gasteiger partial charge on any atom is -0.387 e. The van der Waals surface area contributed by atoms with E-state index >= 15 is 0 Å². The van der Waals surface area contributed by atoms with Gasteiger partial charge < -0.3 is 19.8 Å². The fourth-order valence-electron chi connectivity index (χ4n) is 8.44. The van der Waals surface area contributed by atoms with E-state index in [1.165, 1.54) is 148 Å². The van der Waals surface area contributed by atoms with Crippen LogP contribution in [-0.4, -0.2) is 73.4 Å². The van der Waals surface area contributed by atoms with Crippen LogP contribution in [0.2, 0.25) is 0 Å². The molecule has 418 valence electrons. The third kappa shape index (κ3) is 55.4. The van der Waals surface area contributed by atoms with Crippen LogP contribution >= 0.6 is 7.82 Å². The number of phosphoric acid groups is 1. The highest BCUT2D eigenvalue weighted by Crippen LogP contribution is 2.43. The standard InChI is InChI=1S/C63H115N2O6P/c1-6-8-10-12-14-16-18-20-22-24-26-28-29-30-31-32-33-34-35-37-38-40-42-44-46-48-50-52-54-56-62(66)61(60-71-72(68,69)70-59-58-65(3,4)5)64-63(67)57-55-53-51-49-47-45-43-41-39-36-27-25-23-21-19-17-15-13-11-9-7-2/h9,11,15,17,21,23,27,36,41,43,46,48,54,56,61-62,66H,6-8,10,12-14,16,18-20,22,24-26,28-35,37-40,42,44-45,47,49-53,55,57-60H2,1-5H3,(H-,64,67,68,69)/p+1/b11-9-,17-15-,23-21-,36-27-,43-41-,48-46+,56-54+. The molecule has 0 radical (unpaired) electrons. The number of hydrogen-bond donors (Lipinski definition) is 3. The van der Waals surface area contributed by atoms with Crippen molar-refractivity contribution >= 4 is 13.7 Å². The van der Waals surface area contributed by atoms with Crippen molar-refractivity contribution in [1.82, 2.24) is 5.32 Å². The molecule has 3 N–H and O–H groups in total. The number of unbranched alkanes of at least 4 members (excludes halogenated alkanes) is 29. The lowest BCUT2D eigenvalue weighted by Crippen LogP contribution is -2.45. The molecule has 0 aliphatic carbocycles. The van der Waals surface area contributed by atoms with E-state index in [2.05, 4.69) is 92.1 Å². The van der Waals surface area contributed by atoms with Crippen LogP contribution in [0.4, 0.5) is 0 Å². The lowest BCUT2D eigenvalue weighted by molar-refractivity contribution is -0.870. The third-order valence-electron chi connectivity index (χ3n) is 13.1. The van der Waals surface area contributed by atoms with Crippen molar-refractivity contribution in [3.63, 3.8) is 0 Å². The lowest BCUT2D eigenvalue weighted by Gasteiger charge is -2.25. The second-order valence-corrected chi connectivity index (χ2v) is 22.8. The molecule has 0 aromatic rings. The summed E-state index contributed by atoms with van der Waals surface area (Å²) >= 11 is 0. The minimum absolute atomic E-state index is 0.0479. The Labute approximate surface area is 446 Å². The maximum Gasteiger partial charge on any atom is 0.472 e. The Morgan fingerprint density at radius 3 is 1.28 bits per heavy atom. The van der Waals surface area contributed by atoms with Crippen LogP contribution in [0.15, 0.2) is 85.1 Å². The molecule has 0 aliphatic rings. The largest absolute Gasteiger partial charge is 0.472 e. The number of carbonyl (C=O) groups is 1. The van der Waals surface area contributed by atoms with Crippen LogP contribution in [0.1, 0.15) is 258 Å². The molecule has 0 fully saturated rings. The summed E-state index contributed by atoms with van der Waals surface area (Å²) in [5.41, 5.74) is 0. The first-order valence-corrected chi connectivity index (χ1v) is 31.5. The van der Waals surface area contributed by atoms with Crippen molar-refractivity contribution in [2.75, 3.05) is 40.9 Å². The smallest absolute Gasteiger partial charge is 0.387 e. The molecule has 0 heterocycles. The summed E-state index contributed by atoms with van der Waals surface area (Å²) in [6, 6.07) is -0.881. The van der Waals surface area contributed by atoms with Gasteiger partial charge in [0.2, 0.25) is 5.91 Å². The number of hydrogen-bond acceptors (Lipinski definition) is 5. The number of nitrogens with zero attached hydrogens (tertiary/aromatic N) is 1. The number of carbonyl (C=O) groups excluding carboxylic acids is 1. The molecule has 0 rings (SSSR count). The molecular formula is C63H116N2O6P+. The van der Waals surface area contributed by atoms with Gasteiger partial charge in [0.15, 0.2) is 0 Å². The van der Waals surface area contributed by atoms with E-state index < -0.39 is 20.0 Å². The van der Waals surface area contributed by atoms with Crippen LogP contribution in [-0.2, 0) is 18.4 Å². The van der Waals surface area contributed by atoms with Gasteiger partial charge in [-0.05, 0) is 77.0 Å². The SMILES string of the molecule is CC/C=C\C/C=C\C/C=C\C/C=C\C/C=C\CCCCCCCC(=O)NC(COP(=O)(O)OCC[N+](C)(C)C)C(O)/C=C/CC/C=C/CCCCCCCCCCCCCCCCCCCCCCCCC. The van der Waals surface area contributed by atoms with E-state index in [-0.39, 0.29) is 19.1 Å². The van der Waals surface area contributed by atoms with E-state index in [0.717, 1.165) is 89.9 Å². The van der Waals surface area contributed by atoms with Crippen molar-refractivity contribution in [3.8, 4) is 0 Å². The summed E-state index contributed by atoms with van der Waals surface area (Å²) in [6.45, 7) is 4.68. The molecule has 9 heteroatoms. The van der Waals surface area contributed by atoms with E-state index in [1.54, 1.807) is 6.08 Å². The number of aliphatic hydroxyl groups is 1. The van der Waals surface area contributed by atoms with Crippen molar-refractivity contribution in [2.45, 2.75) is 270 Å². The summed E-state index contributed by atoms with van der Waals surface area (Å²) in [6.07, 6.45) is 75.6. The molecule has 8 nitrogen and oxygen atoms in total. The Kier molecular flexibility index (Phi) is 51.8. The highest BCUT2D eigenvalue weighted by Gasteiger charge is 2.27. The van der Waals surface area contributed by atoms with Crippen LogP contribution in [0, 0.1) is 0 Å². The van der Waals surface area contributed by atoms with Gasteiger partial charge in [0.1, 0.15) is 13.2 Å². The van der Waals surface area contributed by atoms with Crippen molar-refractivity contribution in [2.24, 2.45) is 0 Å². The number of aliphatic hydroxyl groups excluding tert-OH is 1. The fraction of sp³-hybridized carbons (Fsp3) is 0.762. The number of allylic oxidation sites excluding steroid dienone is 13. The number of quaternary nitrogens is 1. The predicted octanol–water partition coefficient (Wildman–Crippen LogP) is 18.4. The molecule has 0 aromatic heterocycles. The van der Waals surface area contributed by atoms with Crippen molar-refractivity contribution < 1.29 is 32.9 Å². The molecule has 72 heavy (non-hydrogen) atoms. The van der Waals surface area contributed by atoms with Gasteiger partial charge in [-0.1, -0.05) is 259 Å². The number of rotatable bonds is 54. The Morgan fingerprint density at radius 2 is 0.847 bits per heavy atom. The van der Waals surface area contributed by atoms with E-state index in [4.69, 9.17) is 9.05 Å². The average molecular weight is 1030 g/mol. The second-order valence-electron chi connectivity index (χ2n) is 21.3. The summed E-state index contributed by atoms with van der Waals surface area (Å²) in [4.78, 5) is 23.3. The Bertz CT molecular complexity index is 1450. The average Bonchev–Trinajstić information content (AvgIpc) is 3.34. The molecule has 3 atom stereocenters. The Hall–Kier alpha value is -2.32. The van der Waals surface area contributed by atoms with E-state index in [0.29, 0.717) is 17.4 Å². The molecule has 0 aliphatic heterocycles. The highest BCUT2D eigenvalue weighted by molar-refractivity contribution is 7.47. The lowest BCUT2D eigenvalue weighted by atomic mass is 10.0. The first kappa shape index (κ1) is 69.7. The van der Waals surface area contributed by atoms with Crippen LogP contribution < -0.4 is 5.32 Å². The normalized spacial score (nSPS) is 14.5. The monoisotopic (exact) mass is 1030 g/mol. The van der Waals surface area contributed by atoms with Gasteiger partial charge in [-0.2, -0.15) is 0 Å². The quantitative estimate of drug-likeness (QED) is 0.0243. The Morgan fingerprint density at radius 1 is 0.486 bits per heavy atom. The zero-order valence-electron chi connectivity index (χ0n) is 47.7. The second kappa shape index (κ2) is 53.5. The topological polar surface area (TPSA) is 105 Å². The maximum atomic E-state index is 13.0. The van der Waals surface area contributed by atoms with E-state index in [9.17, 15) is 19.4 Å². The molecule has 0 saturated carbocycles. The summed E-state index contributed by atoms with van der Waals surface area (Å²) in [7, 11) is 1.53. The molecule has 3 unspecified atom stereocenters. The number of amides is 1. The van der Waals surface area contributed by atoms with Gasteiger partial charge in [-0.25, -0.2) is 4.57 Å². The molecule has 0 saturated heterocycles. The molecule has 0 spiro atoms. The van der Waals surface area contributed by atoms with Gasteiger partial charge >= 0.3 is 7.82 Å². The maximum absolute atomic E-state index is 13.0. The van der Waals surface area contributed by atoms with Gasteiger partial charge in [-0.15, -0.1) is 0 Å². The summed E-state index contributed by atoms with van der Waals surface area (Å²) in [5, 5.41) is 13.9. The van der Waals surface area contributed by atoms with Crippen LogP contribution in [0.3, 0.4) is 0 Å².